The molecule has 0 fully saturated rings. The smallest absolute Gasteiger partial charge is 0.161 e. The third-order valence-corrected chi connectivity index (χ3v) is 4.06. The predicted octanol–water partition coefficient (Wildman–Crippen LogP) is 3.78. The van der Waals surface area contributed by atoms with Crippen LogP contribution in [0, 0.1) is 6.92 Å². The molecule has 0 aliphatic rings. The molecule has 4 nitrogen and oxygen atoms in total. The molecule has 0 aliphatic heterocycles. The van der Waals surface area contributed by atoms with Gasteiger partial charge >= 0.3 is 0 Å². The first-order valence-electron chi connectivity index (χ1n) is 8.47. The lowest BCUT2D eigenvalue weighted by molar-refractivity contribution is 0.317. The van der Waals surface area contributed by atoms with Gasteiger partial charge in [-0.2, -0.15) is 0 Å². The van der Waals surface area contributed by atoms with Gasteiger partial charge in [-0.15, -0.1) is 0 Å². The van der Waals surface area contributed by atoms with Crippen LogP contribution >= 0.6 is 0 Å². The third kappa shape index (κ3) is 4.42. The van der Waals surface area contributed by atoms with Crippen molar-refractivity contribution in [3.05, 3.63) is 53.1 Å². The number of hydrogen-bond acceptors (Lipinski definition) is 4. The molecule has 2 rings (SSSR count). The Morgan fingerprint density at radius 2 is 1.71 bits per heavy atom. The minimum absolute atomic E-state index is 0.168. The Morgan fingerprint density at radius 1 is 1.00 bits per heavy atom. The van der Waals surface area contributed by atoms with Crippen molar-refractivity contribution < 1.29 is 14.6 Å². The maximum atomic E-state index is 9.83. The lowest BCUT2D eigenvalue weighted by Gasteiger charge is -2.18. The maximum absolute atomic E-state index is 9.83. The molecule has 24 heavy (non-hydrogen) atoms. The van der Waals surface area contributed by atoms with E-state index in [4.69, 9.17) is 15.2 Å². The SMILES string of the molecule is CCOc1ccc(C(CN)Cc2ccc(O)c(OCC)c2)cc1C. The first-order chi connectivity index (χ1) is 11.6. The van der Waals surface area contributed by atoms with Crippen LogP contribution in [0.3, 0.4) is 0 Å². The van der Waals surface area contributed by atoms with Gasteiger partial charge in [-0.05, 0) is 68.6 Å². The second-order valence-corrected chi connectivity index (χ2v) is 5.83. The van der Waals surface area contributed by atoms with Crippen molar-refractivity contribution in [1.82, 2.24) is 0 Å². The van der Waals surface area contributed by atoms with Crippen LogP contribution in [0.25, 0.3) is 0 Å². The summed E-state index contributed by atoms with van der Waals surface area (Å²) in [7, 11) is 0. The molecule has 0 saturated carbocycles. The van der Waals surface area contributed by atoms with Gasteiger partial charge in [0.15, 0.2) is 11.5 Å². The van der Waals surface area contributed by atoms with E-state index in [0.29, 0.717) is 25.5 Å². The minimum Gasteiger partial charge on any atom is -0.504 e. The maximum Gasteiger partial charge on any atom is 0.161 e. The molecule has 1 atom stereocenters. The number of phenols is 1. The molecule has 1 unspecified atom stereocenters. The number of aryl methyl sites for hydroxylation is 1. The predicted molar refractivity (Wildman–Crippen MR) is 97.1 cm³/mol. The fraction of sp³-hybridized carbons (Fsp3) is 0.400. The number of aromatic hydroxyl groups is 1. The second-order valence-electron chi connectivity index (χ2n) is 5.83. The zero-order valence-corrected chi connectivity index (χ0v) is 14.7. The molecule has 0 aromatic heterocycles. The van der Waals surface area contributed by atoms with Crippen LogP contribution in [0.5, 0.6) is 17.2 Å². The molecule has 130 valence electrons. The van der Waals surface area contributed by atoms with E-state index in [1.807, 2.05) is 32.0 Å². The minimum atomic E-state index is 0.168. The summed E-state index contributed by atoms with van der Waals surface area (Å²) in [6.07, 6.45) is 0.796. The van der Waals surface area contributed by atoms with E-state index >= 15 is 0 Å². The molecule has 0 bridgehead atoms. The highest BCUT2D eigenvalue weighted by atomic mass is 16.5. The number of rotatable bonds is 8. The zero-order chi connectivity index (χ0) is 17.5. The van der Waals surface area contributed by atoms with Gasteiger partial charge in [-0.25, -0.2) is 0 Å². The third-order valence-electron chi connectivity index (χ3n) is 4.06. The van der Waals surface area contributed by atoms with Crippen molar-refractivity contribution in [3.8, 4) is 17.2 Å². The fourth-order valence-electron chi connectivity index (χ4n) is 2.82. The van der Waals surface area contributed by atoms with Crippen LogP contribution in [-0.4, -0.2) is 24.9 Å². The Labute approximate surface area is 144 Å². The van der Waals surface area contributed by atoms with Crippen LogP contribution in [0.15, 0.2) is 36.4 Å². The van der Waals surface area contributed by atoms with Crippen molar-refractivity contribution in [2.75, 3.05) is 19.8 Å². The number of nitrogens with two attached hydrogens (primary N) is 1. The van der Waals surface area contributed by atoms with Gasteiger partial charge < -0.3 is 20.3 Å². The molecular formula is C20H27NO3. The van der Waals surface area contributed by atoms with E-state index in [0.717, 1.165) is 23.3 Å². The van der Waals surface area contributed by atoms with Crippen LogP contribution in [0.1, 0.15) is 36.5 Å². The Kier molecular flexibility index (Phi) is 6.50. The Balaban J connectivity index is 2.20. The lowest BCUT2D eigenvalue weighted by Crippen LogP contribution is -2.15. The highest BCUT2D eigenvalue weighted by molar-refractivity contribution is 5.43. The Hall–Kier alpha value is -2.20. The molecule has 0 radical (unpaired) electrons. The molecule has 0 aliphatic carbocycles. The quantitative estimate of drug-likeness (QED) is 0.773. The molecule has 0 heterocycles. The number of benzene rings is 2. The van der Waals surface area contributed by atoms with Gasteiger partial charge in [0.25, 0.3) is 0 Å². The normalized spacial score (nSPS) is 12.0. The molecule has 4 heteroatoms. The Bertz CT molecular complexity index is 670. The summed E-state index contributed by atoms with van der Waals surface area (Å²) in [5.41, 5.74) is 9.43. The summed E-state index contributed by atoms with van der Waals surface area (Å²) in [4.78, 5) is 0. The molecule has 0 amide bonds. The number of phenolic OH excluding ortho intramolecular Hbond substituents is 1. The number of ether oxygens (including phenoxy) is 2. The monoisotopic (exact) mass is 329 g/mol. The topological polar surface area (TPSA) is 64.7 Å². The van der Waals surface area contributed by atoms with Crippen molar-refractivity contribution in [2.24, 2.45) is 5.73 Å². The second kappa shape index (κ2) is 8.60. The van der Waals surface area contributed by atoms with Crippen LogP contribution in [-0.2, 0) is 6.42 Å². The van der Waals surface area contributed by atoms with E-state index < -0.39 is 0 Å². The summed E-state index contributed by atoms with van der Waals surface area (Å²) in [6.45, 7) is 7.67. The van der Waals surface area contributed by atoms with Crippen LogP contribution < -0.4 is 15.2 Å². The van der Waals surface area contributed by atoms with Gasteiger partial charge in [-0.3, -0.25) is 0 Å². The fourth-order valence-corrected chi connectivity index (χ4v) is 2.82. The van der Waals surface area contributed by atoms with Gasteiger partial charge in [-0.1, -0.05) is 18.2 Å². The molecule has 2 aromatic rings. The summed E-state index contributed by atoms with van der Waals surface area (Å²) >= 11 is 0. The number of hydrogen-bond donors (Lipinski definition) is 2. The van der Waals surface area contributed by atoms with Gasteiger partial charge in [0, 0.05) is 5.92 Å². The van der Waals surface area contributed by atoms with E-state index in [1.54, 1.807) is 6.07 Å². The highest BCUT2D eigenvalue weighted by Crippen LogP contribution is 2.30. The first kappa shape index (κ1) is 18.1. The average molecular weight is 329 g/mol. The summed E-state index contributed by atoms with van der Waals surface area (Å²) < 4.78 is 11.1. The Morgan fingerprint density at radius 3 is 2.33 bits per heavy atom. The van der Waals surface area contributed by atoms with E-state index in [9.17, 15) is 5.11 Å². The van der Waals surface area contributed by atoms with Crippen molar-refractivity contribution in [3.63, 3.8) is 0 Å². The molecule has 0 spiro atoms. The van der Waals surface area contributed by atoms with Crippen molar-refractivity contribution >= 4 is 0 Å². The van der Waals surface area contributed by atoms with Gasteiger partial charge in [0.05, 0.1) is 13.2 Å². The van der Waals surface area contributed by atoms with Gasteiger partial charge in [0.2, 0.25) is 0 Å². The van der Waals surface area contributed by atoms with Crippen LogP contribution in [0.4, 0.5) is 0 Å². The van der Waals surface area contributed by atoms with E-state index in [1.165, 1.54) is 5.56 Å². The van der Waals surface area contributed by atoms with Gasteiger partial charge in [0.1, 0.15) is 5.75 Å². The molecule has 0 saturated heterocycles. The van der Waals surface area contributed by atoms with Crippen molar-refractivity contribution in [1.29, 1.82) is 0 Å². The zero-order valence-electron chi connectivity index (χ0n) is 14.7. The van der Waals surface area contributed by atoms with Crippen LogP contribution in [0.2, 0.25) is 0 Å². The van der Waals surface area contributed by atoms with E-state index in [2.05, 4.69) is 19.1 Å². The van der Waals surface area contributed by atoms with Crippen molar-refractivity contribution in [2.45, 2.75) is 33.1 Å². The standard InChI is InChI=1S/C20H27NO3/c1-4-23-19-9-7-16(10-14(19)3)17(13-21)11-15-6-8-18(22)20(12-15)24-5-2/h6-10,12,17,22H,4-5,11,13,21H2,1-3H3. The molecule has 2 aromatic carbocycles. The van der Waals surface area contributed by atoms with E-state index in [-0.39, 0.29) is 11.7 Å². The first-order valence-corrected chi connectivity index (χ1v) is 8.47. The summed E-state index contributed by atoms with van der Waals surface area (Å²) in [5.74, 6) is 1.81. The summed E-state index contributed by atoms with van der Waals surface area (Å²) in [6, 6.07) is 11.7. The largest absolute Gasteiger partial charge is 0.504 e. The molecular weight excluding hydrogens is 302 g/mol. The molecule has 3 N–H and O–H groups in total. The highest BCUT2D eigenvalue weighted by Gasteiger charge is 2.14. The average Bonchev–Trinajstić information content (AvgIpc) is 2.57. The summed E-state index contributed by atoms with van der Waals surface area (Å²) in [5, 5.41) is 9.83. The lowest BCUT2D eigenvalue weighted by atomic mass is 9.91.